The fraction of sp³-hybridized carbons (Fsp3) is 0.350. The number of hydrogen-bond acceptors (Lipinski definition) is 2. The van der Waals surface area contributed by atoms with Crippen LogP contribution >= 0.6 is 0 Å². The Hall–Kier alpha value is -2.09. The lowest BCUT2D eigenvalue weighted by Gasteiger charge is -2.20. The number of carbonyl (C=O) groups is 1. The highest BCUT2D eigenvalue weighted by molar-refractivity contribution is 5.79. The maximum Gasteiger partial charge on any atom is 0.135 e. The van der Waals surface area contributed by atoms with Crippen molar-refractivity contribution >= 4 is 11.5 Å². The van der Waals surface area contributed by atoms with Crippen LogP contribution in [0.5, 0.6) is 0 Å². The molecule has 116 valence electrons. The van der Waals surface area contributed by atoms with Crippen molar-refractivity contribution < 1.29 is 4.79 Å². The lowest BCUT2D eigenvalue weighted by molar-refractivity contribution is -0.119. The van der Waals surface area contributed by atoms with Crippen LogP contribution in [0.15, 0.2) is 60.7 Å². The number of benzene rings is 2. The SMILES string of the molecule is CCCCCC(=O)CC(Nc1ccccc1)c1ccccc1. The Labute approximate surface area is 133 Å². The van der Waals surface area contributed by atoms with E-state index in [1.165, 1.54) is 0 Å². The van der Waals surface area contributed by atoms with Gasteiger partial charge in [0.1, 0.15) is 5.78 Å². The molecular weight excluding hydrogens is 270 g/mol. The molecule has 0 heterocycles. The van der Waals surface area contributed by atoms with Gasteiger partial charge in [0, 0.05) is 18.5 Å². The monoisotopic (exact) mass is 295 g/mol. The van der Waals surface area contributed by atoms with E-state index < -0.39 is 0 Å². The second-order valence-electron chi connectivity index (χ2n) is 5.67. The van der Waals surface area contributed by atoms with Gasteiger partial charge in [0.25, 0.3) is 0 Å². The fourth-order valence-corrected chi connectivity index (χ4v) is 2.58. The molecule has 0 aliphatic carbocycles. The lowest BCUT2D eigenvalue weighted by atomic mass is 9.98. The molecule has 0 aliphatic heterocycles. The van der Waals surface area contributed by atoms with Gasteiger partial charge in [0.15, 0.2) is 0 Å². The molecule has 0 saturated carbocycles. The van der Waals surface area contributed by atoms with Gasteiger partial charge < -0.3 is 5.32 Å². The van der Waals surface area contributed by atoms with Crippen LogP contribution in [0.25, 0.3) is 0 Å². The Kier molecular flexibility index (Phi) is 6.69. The Morgan fingerprint density at radius 3 is 2.23 bits per heavy atom. The highest BCUT2D eigenvalue weighted by Gasteiger charge is 2.15. The van der Waals surface area contributed by atoms with Crippen molar-refractivity contribution in [3.05, 3.63) is 66.2 Å². The highest BCUT2D eigenvalue weighted by atomic mass is 16.1. The van der Waals surface area contributed by atoms with Gasteiger partial charge in [-0.2, -0.15) is 0 Å². The maximum atomic E-state index is 12.3. The third kappa shape index (κ3) is 5.36. The van der Waals surface area contributed by atoms with Crippen LogP contribution < -0.4 is 5.32 Å². The summed E-state index contributed by atoms with van der Waals surface area (Å²) in [7, 11) is 0. The van der Waals surface area contributed by atoms with E-state index in [9.17, 15) is 4.79 Å². The van der Waals surface area contributed by atoms with Crippen LogP contribution in [0, 0.1) is 0 Å². The summed E-state index contributed by atoms with van der Waals surface area (Å²) in [5.41, 5.74) is 2.22. The number of anilines is 1. The van der Waals surface area contributed by atoms with Gasteiger partial charge in [-0.15, -0.1) is 0 Å². The molecule has 1 N–H and O–H groups in total. The molecule has 0 aliphatic rings. The number of rotatable bonds is 9. The Balaban J connectivity index is 2.04. The second kappa shape index (κ2) is 9.04. The van der Waals surface area contributed by atoms with Crippen LogP contribution in [-0.2, 0) is 4.79 Å². The Morgan fingerprint density at radius 2 is 1.59 bits per heavy atom. The van der Waals surface area contributed by atoms with Gasteiger partial charge in [0.2, 0.25) is 0 Å². The number of carbonyl (C=O) groups excluding carboxylic acids is 1. The van der Waals surface area contributed by atoms with E-state index in [0.717, 1.165) is 30.5 Å². The summed E-state index contributed by atoms with van der Waals surface area (Å²) in [5, 5.41) is 3.50. The summed E-state index contributed by atoms with van der Waals surface area (Å²) in [6, 6.07) is 20.4. The summed E-state index contributed by atoms with van der Waals surface area (Å²) >= 11 is 0. The second-order valence-corrected chi connectivity index (χ2v) is 5.67. The summed E-state index contributed by atoms with van der Waals surface area (Å²) in [5.74, 6) is 0.339. The minimum absolute atomic E-state index is 0.0396. The van der Waals surface area contributed by atoms with Gasteiger partial charge in [-0.05, 0) is 24.1 Å². The Morgan fingerprint density at radius 1 is 0.955 bits per heavy atom. The first-order valence-electron chi connectivity index (χ1n) is 8.18. The molecular formula is C20H25NO. The van der Waals surface area contributed by atoms with Crippen molar-refractivity contribution in [1.29, 1.82) is 0 Å². The van der Waals surface area contributed by atoms with E-state index >= 15 is 0 Å². The molecule has 0 bridgehead atoms. The van der Waals surface area contributed by atoms with E-state index in [4.69, 9.17) is 0 Å². The van der Waals surface area contributed by atoms with Crippen LogP contribution in [0.2, 0.25) is 0 Å². The van der Waals surface area contributed by atoms with Gasteiger partial charge in [-0.25, -0.2) is 0 Å². The highest BCUT2D eigenvalue weighted by Crippen LogP contribution is 2.23. The molecule has 0 amide bonds. The molecule has 0 aromatic heterocycles. The molecule has 2 heteroatoms. The van der Waals surface area contributed by atoms with Gasteiger partial charge in [-0.3, -0.25) is 4.79 Å². The van der Waals surface area contributed by atoms with E-state index in [1.54, 1.807) is 0 Å². The van der Waals surface area contributed by atoms with Crippen LogP contribution in [0.3, 0.4) is 0 Å². The van der Waals surface area contributed by atoms with Crippen LogP contribution in [0.4, 0.5) is 5.69 Å². The smallest absolute Gasteiger partial charge is 0.135 e. The third-order valence-corrected chi connectivity index (χ3v) is 3.81. The molecule has 1 unspecified atom stereocenters. The summed E-state index contributed by atoms with van der Waals surface area (Å²) in [4.78, 5) is 12.3. The van der Waals surface area contributed by atoms with E-state index in [2.05, 4.69) is 24.4 Å². The topological polar surface area (TPSA) is 29.1 Å². The first-order chi connectivity index (χ1) is 10.8. The largest absolute Gasteiger partial charge is 0.378 e. The average Bonchev–Trinajstić information content (AvgIpc) is 2.56. The minimum Gasteiger partial charge on any atom is -0.378 e. The average molecular weight is 295 g/mol. The molecule has 0 saturated heterocycles. The molecule has 2 nitrogen and oxygen atoms in total. The van der Waals surface area contributed by atoms with Gasteiger partial charge >= 0.3 is 0 Å². The van der Waals surface area contributed by atoms with Crippen molar-refractivity contribution in [2.45, 2.75) is 45.1 Å². The lowest BCUT2D eigenvalue weighted by Crippen LogP contribution is -2.15. The molecule has 0 spiro atoms. The first kappa shape index (κ1) is 16.3. The van der Waals surface area contributed by atoms with Crippen LogP contribution in [-0.4, -0.2) is 5.78 Å². The number of para-hydroxylation sites is 1. The van der Waals surface area contributed by atoms with E-state index in [-0.39, 0.29) is 6.04 Å². The zero-order chi connectivity index (χ0) is 15.6. The quantitative estimate of drug-likeness (QED) is 0.629. The van der Waals surface area contributed by atoms with Crippen molar-refractivity contribution in [1.82, 2.24) is 0 Å². The zero-order valence-electron chi connectivity index (χ0n) is 13.3. The third-order valence-electron chi connectivity index (χ3n) is 3.81. The van der Waals surface area contributed by atoms with Crippen molar-refractivity contribution in [2.75, 3.05) is 5.32 Å². The summed E-state index contributed by atoms with van der Waals surface area (Å²) in [6.07, 6.45) is 4.52. The first-order valence-corrected chi connectivity index (χ1v) is 8.18. The van der Waals surface area contributed by atoms with Crippen molar-refractivity contribution in [3.63, 3.8) is 0 Å². The van der Waals surface area contributed by atoms with Crippen molar-refractivity contribution in [3.8, 4) is 0 Å². The number of Topliss-reactive ketones (excluding diaryl/α,β-unsaturated/α-hetero) is 1. The molecule has 2 aromatic rings. The fourth-order valence-electron chi connectivity index (χ4n) is 2.58. The number of unbranched alkanes of at least 4 members (excludes halogenated alkanes) is 2. The van der Waals surface area contributed by atoms with E-state index in [1.807, 2.05) is 48.5 Å². The Bertz CT molecular complexity index is 550. The normalized spacial score (nSPS) is 11.9. The summed E-state index contributed by atoms with van der Waals surface area (Å²) < 4.78 is 0. The molecule has 2 aromatic carbocycles. The van der Waals surface area contributed by atoms with Crippen LogP contribution in [0.1, 0.15) is 50.6 Å². The minimum atomic E-state index is 0.0396. The van der Waals surface area contributed by atoms with E-state index in [0.29, 0.717) is 18.6 Å². The number of ketones is 1. The molecule has 22 heavy (non-hydrogen) atoms. The summed E-state index contributed by atoms with van der Waals surface area (Å²) in [6.45, 7) is 2.16. The number of nitrogens with one attached hydrogen (secondary N) is 1. The van der Waals surface area contributed by atoms with Gasteiger partial charge in [-0.1, -0.05) is 68.3 Å². The molecule has 0 fully saturated rings. The standard InChI is InChI=1S/C20H25NO/c1-2-3-6-15-19(22)16-20(17-11-7-4-8-12-17)21-18-13-9-5-10-14-18/h4-5,7-14,20-21H,2-3,6,15-16H2,1H3. The molecule has 1 atom stereocenters. The maximum absolute atomic E-state index is 12.3. The van der Waals surface area contributed by atoms with Gasteiger partial charge in [0.05, 0.1) is 6.04 Å². The molecule has 2 rings (SSSR count). The van der Waals surface area contributed by atoms with Crippen molar-refractivity contribution in [2.24, 2.45) is 0 Å². The number of hydrogen-bond donors (Lipinski definition) is 1. The zero-order valence-corrected chi connectivity index (χ0v) is 13.3. The predicted octanol–water partition coefficient (Wildman–Crippen LogP) is 5.38. The molecule has 0 radical (unpaired) electrons. The predicted molar refractivity (Wildman–Crippen MR) is 93.0 cm³/mol.